The number of nitrogens with one attached hydrogen (secondary N) is 1. The molecule has 19 heavy (non-hydrogen) atoms. The van der Waals surface area contributed by atoms with Gasteiger partial charge in [-0.15, -0.1) is 0 Å². The molecule has 0 aromatic heterocycles. The van der Waals surface area contributed by atoms with Gasteiger partial charge in [-0.2, -0.15) is 0 Å². The third-order valence-electron chi connectivity index (χ3n) is 4.11. The zero-order valence-electron chi connectivity index (χ0n) is 11.8. The quantitative estimate of drug-likeness (QED) is 0.878. The summed E-state index contributed by atoms with van der Waals surface area (Å²) in [5.74, 6) is 0.208. The Morgan fingerprint density at radius 2 is 1.89 bits per heavy atom. The number of hydrogen-bond acceptors (Lipinski definition) is 2. The van der Waals surface area contributed by atoms with Crippen LogP contribution in [-0.4, -0.2) is 17.1 Å². The maximum absolute atomic E-state index is 12.0. The minimum atomic E-state index is -0.205. The fourth-order valence-electron chi connectivity index (χ4n) is 2.59. The van der Waals surface area contributed by atoms with E-state index >= 15 is 0 Å². The summed E-state index contributed by atoms with van der Waals surface area (Å²) in [5, 5.41) is 12.5. The highest BCUT2D eigenvalue weighted by Gasteiger charge is 2.24. The highest BCUT2D eigenvalue weighted by Crippen LogP contribution is 2.24. The predicted molar refractivity (Wildman–Crippen MR) is 75.7 cm³/mol. The summed E-state index contributed by atoms with van der Waals surface area (Å²) in [6, 6.07) is 6.28. The van der Waals surface area contributed by atoms with Crippen LogP contribution in [0.1, 0.15) is 42.4 Å². The molecule has 2 N–H and O–H groups in total. The van der Waals surface area contributed by atoms with Gasteiger partial charge in [-0.1, -0.05) is 18.2 Å². The zero-order chi connectivity index (χ0) is 13.8. The number of carbonyl (C=O) groups is 1. The Kier molecular flexibility index (Phi) is 4.59. The average molecular weight is 261 g/mol. The standard InChI is InChI=1S/C16H23NO2/c1-11-3-4-13(9-12(11)2)10-17-16(19)14-5-7-15(18)8-6-14/h3-4,9,14-15,18H,5-8,10H2,1-2H3,(H,17,19). The van der Waals surface area contributed by atoms with Gasteiger partial charge in [-0.25, -0.2) is 0 Å². The smallest absolute Gasteiger partial charge is 0.223 e. The molecule has 0 spiro atoms. The molecule has 3 nitrogen and oxygen atoms in total. The molecule has 0 unspecified atom stereocenters. The maximum Gasteiger partial charge on any atom is 0.223 e. The average Bonchev–Trinajstić information content (AvgIpc) is 2.40. The van der Waals surface area contributed by atoms with Crippen LogP contribution in [0.25, 0.3) is 0 Å². The van der Waals surface area contributed by atoms with Crippen LogP contribution in [0.15, 0.2) is 18.2 Å². The third-order valence-corrected chi connectivity index (χ3v) is 4.11. The van der Waals surface area contributed by atoms with Crippen LogP contribution in [0.5, 0.6) is 0 Å². The van der Waals surface area contributed by atoms with E-state index in [1.165, 1.54) is 11.1 Å². The maximum atomic E-state index is 12.0. The molecule has 1 aromatic carbocycles. The second kappa shape index (κ2) is 6.20. The van der Waals surface area contributed by atoms with Gasteiger partial charge < -0.3 is 10.4 Å². The molecular formula is C16H23NO2. The third kappa shape index (κ3) is 3.80. The minimum absolute atomic E-state index is 0.0787. The van der Waals surface area contributed by atoms with Crippen molar-refractivity contribution in [3.05, 3.63) is 34.9 Å². The van der Waals surface area contributed by atoms with Crippen molar-refractivity contribution < 1.29 is 9.90 Å². The van der Waals surface area contributed by atoms with Gasteiger partial charge in [0.2, 0.25) is 5.91 Å². The van der Waals surface area contributed by atoms with Crippen molar-refractivity contribution >= 4 is 5.91 Å². The van der Waals surface area contributed by atoms with Gasteiger partial charge in [0.05, 0.1) is 6.10 Å². The second-order valence-electron chi connectivity index (χ2n) is 5.64. The Morgan fingerprint density at radius 3 is 2.53 bits per heavy atom. The van der Waals surface area contributed by atoms with Crippen molar-refractivity contribution in [3.8, 4) is 0 Å². The van der Waals surface area contributed by atoms with Crippen molar-refractivity contribution in [2.45, 2.75) is 52.2 Å². The van der Waals surface area contributed by atoms with Gasteiger partial charge in [0.25, 0.3) is 0 Å². The molecule has 0 saturated heterocycles. The van der Waals surface area contributed by atoms with Crippen molar-refractivity contribution in [2.75, 3.05) is 0 Å². The number of amides is 1. The van der Waals surface area contributed by atoms with Crippen LogP contribution >= 0.6 is 0 Å². The zero-order valence-corrected chi connectivity index (χ0v) is 11.8. The van der Waals surface area contributed by atoms with E-state index in [1.807, 2.05) is 0 Å². The Labute approximate surface area is 115 Å². The Hall–Kier alpha value is -1.35. The second-order valence-corrected chi connectivity index (χ2v) is 5.64. The molecule has 2 rings (SSSR count). The van der Waals surface area contributed by atoms with E-state index in [4.69, 9.17) is 0 Å². The van der Waals surface area contributed by atoms with E-state index < -0.39 is 0 Å². The lowest BCUT2D eigenvalue weighted by molar-refractivity contribution is -0.126. The van der Waals surface area contributed by atoms with Gasteiger partial charge >= 0.3 is 0 Å². The van der Waals surface area contributed by atoms with E-state index in [2.05, 4.69) is 37.4 Å². The van der Waals surface area contributed by atoms with Crippen molar-refractivity contribution in [1.29, 1.82) is 0 Å². The molecule has 0 atom stereocenters. The lowest BCUT2D eigenvalue weighted by atomic mass is 9.87. The van der Waals surface area contributed by atoms with Crippen molar-refractivity contribution in [3.63, 3.8) is 0 Å². The van der Waals surface area contributed by atoms with Crippen LogP contribution in [0.4, 0.5) is 0 Å². The number of hydrogen-bond donors (Lipinski definition) is 2. The largest absolute Gasteiger partial charge is 0.393 e. The number of rotatable bonds is 3. The van der Waals surface area contributed by atoms with Crippen molar-refractivity contribution in [1.82, 2.24) is 5.32 Å². The lowest BCUT2D eigenvalue weighted by Gasteiger charge is -2.24. The van der Waals surface area contributed by atoms with Gasteiger partial charge in [0, 0.05) is 12.5 Å². The highest BCUT2D eigenvalue weighted by molar-refractivity contribution is 5.78. The molecule has 0 radical (unpaired) electrons. The van der Waals surface area contributed by atoms with E-state index in [-0.39, 0.29) is 17.9 Å². The topological polar surface area (TPSA) is 49.3 Å². The molecule has 1 aliphatic rings. The first-order chi connectivity index (χ1) is 9.06. The number of aryl methyl sites for hydroxylation is 2. The van der Waals surface area contributed by atoms with E-state index in [0.717, 1.165) is 31.2 Å². The number of benzene rings is 1. The van der Waals surface area contributed by atoms with Crippen LogP contribution < -0.4 is 5.32 Å². The molecule has 1 fully saturated rings. The molecule has 0 heterocycles. The van der Waals surface area contributed by atoms with Gasteiger partial charge in [0.1, 0.15) is 0 Å². The SMILES string of the molecule is Cc1ccc(CNC(=O)C2CCC(O)CC2)cc1C. The summed E-state index contributed by atoms with van der Waals surface area (Å²) in [6.45, 7) is 4.77. The van der Waals surface area contributed by atoms with Gasteiger partial charge in [0.15, 0.2) is 0 Å². The monoisotopic (exact) mass is 261 g/mol. The predicted octanol–water partition coefficient (Wildman–Crippen LogP) is 2.47. The first kappa shape index (κ1) is 14.1. The Balaban J connectivity index is 1.84. The molecule has 1 saturated carbocycles. The van der Waals surface area contributed by atoms with E-state index in [0.29, 0.717) is 6.54 Å². The van der Waals surface area contributed by atoms with Gasteiger partial charge in [-0.3, -0.25) is 4.79 Å². The summed E-state index contributed by atoms with van der Waals surface area (Å²) >= 11 is 0. The lowest BCUT2D eigenvalue weighted by Crippen LogP contribution is -2.33. The van der Waals surface area contributed by atoms with Crippen LogP contribution in [0, 0.1) is 19.8 Å². The molecule has 0 bridgehead atoms. The molecule has 3 heteroatoms. The number of aliphatic hydroxyl groups excluding tert-OH is 1. The molecule has 1 amide bonds. The molecule has 1 aromatic rings. The Bertz CT molecular complexity index is 448. The molecule has 1 aliphatic carbocycles. The highest BCUT2D eigenvalue weighted by atomic mass is 16.3. The summed E-state index contributed by atoms with van der Waals surface area (Å²) in [6.07, 6.45) is 2.91. The van der Waals surface area contributed by atoms with Crippen LogP contribution in [-0.2, 0) is 11.3 Å². The van der Waals surface area contributed by atoms with E-state index in [1.54, 1.807) is 0 Å². The van der Waals surface area contributed by atoms with E-state index in [9.17, 15) is 9.90 Å². The fraction of sp³-hybridized carbons (Fsp3) is 0.562. The summed E-state index contributed by atoms with van der Waals surface area (Å²) < 4.78 is 0. The number of carbonyl (C=O) groups excluding carboxylic acids is 1. The number of aliphatic hydroxyl groups is 1. The minimum Gasteiger partial charge on any atom is -0.393 e. The molecular weight excluding hydrogens is 238 g/mol. The normalized spacial score (nSPS) is 23.1. The summed E-state index contributed by atoms with van der Waals surface area (Å²) in [4.78, 5) is 12.0. The summed E-state index contributed by atoms with van der Waals surface area (Å²) in [5.41, 5.74) is 3.68. The molecule has 0 aliphatic heterocycles. The Morgan fingerprint density at radius 1 is 1.21 bits per heavy atom. The van der Waals surface area contributed by atoms with Crippen LogP contribution in [0.3, 0.4) is 0 Å². The first-order valence-electron chi connectivity index (χ1n) is 7.08. The van der Waals surface area contributed by atoms with Gasteiger partial charge in [-0.05, 0) is 56.2 Å². The van der Waals surface area contributed by atoms with Crippen molar-refractivity contribution in [2.24, 2.45) is 5.92 Å². The summed E-state index contributed by atoms with van der Waals surface area (Å²) in [7, 11) is 0. The fourth-order valence-corrected chi connectivity index (χ4v) is 2.59. The van der Waals surface area contributed by atoms with Crippen LogP contribution in [0.2, 0.25) is 0 Å². The first-order valence-corrected chi connectivity index (χ1v) is 7.08. The molecule has 104 valence electrons.